The Morgan fingerprint density at radius 3 is 1.33 bits per heavy atom. The molecule has 0 aliphatic heterocycles. The summed E-state index contributed by atoms with van der Waals surface area (Å²) in [4.78, 5) is 109. The van der Waals surface area contributed by atoms with Gasteiger partial charge in [0.1, 0.15) is 36.3 Å². The maximum atomic E-state index is 13.1. The van der Waals surface area contributed by atoms with Crippen LogP contribution in [-0.4, -0.2) is 111 Å². The molecule has 0 bridgehead atoms. The number of hydrogen-bond donors (Lipinski definition) is 10. The zero-order chi connectivity index (χ0) is 35.2. The van der Waals surface area contributed by atoms with Gasteiger partial charge in [-0.25, -0.2) is 4.79 Å². The summed E-state index contributed by atoms with van der Waals surface area (Å²) in [5.74, 6) is -10.2. The van der Waals surface area contributed by atoms with E-state index in [0.29, 0.717) is 0 Å². The lowest BCUT2D eigenvalue weighted by atomic mass is 10.0. The number of nitrogens with one attached hydrogen (secondary N) is 6. The minimum atomic E-state index is -1.80. The standard InChI is InChI=1S/C26H43N7O12/c1-10(2)19(25(43)32-16(26(44)45)9-18(36)37)33-24(42)15(7-8-17(34)35)31-23(41)14(6)30-22(40)13(5)29-21(39)12(4)28-20(38)11(3)27/h10-16,19H,7-9,27H2,1-6H3,(H,28,38)(H,29,39)(H,30,40)(H,31,41)(H,32,43)(H,33,42)(H,34,35)(H,36,37)(H,44,45)/t11-,12-,13-,14-,15-,16-,19-/m0/s1. The highest BCUT2D eigenvalue weighted by Crippen LogP contribution is 2.07. The fourth-order valence-electron chi connectivity index (χ4n) is 3.48. The Morgan fingerprint density at radius 2 is 0.956 bits per heavy atom. The van der Waals surface area contributed by atoms with E-state index in [1.165, 1.54) is 41.5 Å². The Kier molecular flexibility index (Phi) is 16.8. The van der Waals surface area contributed by atoms with E-state index in [2.05, 4.69) is 26.6 Å². The fraction of sp³-hybridized carbons (Fsp3) is 0.654. The van der Waals surface area contributed by atoms with E-state index in [9.17, 15) is 48.3 Å². The van der Waals surface area contributed by atoms with Gasteiger partial charge in [0.05, 0.1) is 12.5 Å². The van der Waals surface area contributed by atoms with Gasteiger partial charge in [0, 0.05) is 6.42 Å². The predicted molar refractivity (Wildman–Crippen MR) is 154 cm³/mol. The molecule has 6 amide bonds. The molecule has 0 aliphatic carbocycles. The lowest BCUT2D eigenvalue weighted by molar-refractivity contribution is -0.147. The first kappa shape index (κ1) is 40.2. The van der Waals surface area contributed by atoms with Gasteiger partial charge in [-0.05, 0) is 40.0 Å². The Hall–Kier alpha value is -4.81. The molecule has 0 aromatic rings. The van der Waals surface area contributed by atoms with E-state index in [1.807, 2.05) is 5.32 Å². The predicted octanol–water partition coefficient (Wildman–Crippen LogP) is -3.62. The molecule has 11 N–H and O–H groups in total. The van der Waals surface area contributed by atoms with E-state index in [4.69, 9.17) is 15.9 Å². The number of carbonyl (C=O) groups is 9. The molecule has 0 fully saturated rings. The highest BCUT2D eigenvalue weighted by atomic mass is 16.4. The molecule has 254 valence electrons. The van der Waals surface area contributed by atoms with Crippen molar-refractivity contribution < 1.29 is 58.5 Å². The van der Waals surface area contributed by atoms with E-state index >= 15 is 0 Å². The van der Waals surface area contributed by atoms with Crippen LogP contribution in [0.15, 0.2) is 0 Å². The molecule has 0 aliphatic rings. The van der Waals surface area contributed by atoms with E-state index in [-0.39, 0.29) is 0 Å². The summed E-state index contributed by atoms with van der Waals surface area (Å²) >= 11 is 0. The minimum absolute atomic E-state index is 0.436. The molecule has 7 atom stereocenters. The number of nitrogens with two attached hydrogens (primary N) is 1. The van der Waals surface area contributed by atoms with Crippen LogP contribution in [0.1, 0.15) is 60.8 Å². The average molecular weight is 646 g/mol. The summed E-state index contributed by atoms with van der Waals surface area (Å²) in [7, 11) is 0. The maximum absolute atomic E-state index is 13.1. The van der Waals surface area contributed by atoms with Crippen molar-refractivity contribution in [3.05, 3.63) is 0 Å². The van der Waals surface area contributed by atoms with Crippen LogP contribution in [0.25, 0.3) is 0 Å². The molecule has 19 nitrogen and oxygen atoms in total. The lowest BCUT2D eigenvalue weighted by Crippen LogP contribution is -2.59. The van der Waals surface area contributed by atoms with Gasteiger partial charge in [-0.2, -0.15) is 0 Å². The van der Waals surface area contributed by atoms with Crippen LogP contribution in [0.4, 0.5) is 0 Å². The van der Waals surface area contributed by atoms with E-state index in [0.717, 1.165) is 0 Å². The van der Waals surface area contributed by atoms with Crippen molar-refractivity contribution in [2.75, 3.05) is 0 Å². The first-order valence-corrected chi connectivity index (χ1v) is 13.9. The van der Waals surface area contributed by atoms with E-state index < -0.39 is 121 Å². The third-order valence-electron chi connectivity index (χ3n) is 6.19. The Balaban J connectivity index is 5.53. The first-order valence-electron chi connectivity index (χ1n) is 13.9. The van der Waals surface area contributed by atoms with Crippen LogP contribution in [0, 0.1) is 5.92 Å². The SMILES string of the molecule is CC(C)[C@H](NC(=O)[C@H](CCC(=O)O)NC(=O)[C@H](C)NC(=O)[C@H](C)NC(=O)[C@H](C)NC(=O)[C@H](C)N)C(=O)N[C@@H](CC(=O)O)C(=O)O. The third kappa shape index (κ3) is 15.0. The molecule has 0 aromatic heterocycles. The fourth-order valence-corrected chi connectivity index (χ4v) is 3.48. The van der Waals surface area contributed by atoms with Crippen molar-refractivity contribution in [1.82, 2.24) is 31.9 Å². The van der Waals surface area contributed by atoms with Crippen LogP contribution in [0.2, 0.25) is 0 Å². The highest BCUT2D eigenvalue weighted by Gasteiger charge is 2.33. The van der Waals surface area contributed by atoms with Crippen molar-refractivity contribution in [2.24, 2.45) is 11.7 Å². The quantitative estimate of drug-likeness (QED) is 0.0649. The molecule has 0 radical (unpaired) electrons. The average Bonchev–Trinajstić information content (AvgIpc) is 2.91. The van der Waals surface area contributed by atoms with Gasteiger partial charge < -0.3 is 53.0 Å². The van der Waals surface area contributed by atoms with Gasteiger partial charge in [0.15, 0.2) is 0 Å². The maximum Gasteiger partial charge on any atom is 0.326 e. The van der Waals surface area contributed by atoms with Crippen molar-refractivity contribution in [3.8, 4) is 0 Å². The Morgan fingerprint density at radius 1 is 0.533 bits per heavy atom. The summed E-state index contributed by atoms with van der Waals surface area (Å²) in [6, 6.07) is -9.11. The van der Waals surface area contributed by atoms with Gasteiger partial charge in [-0.1, -0.05) is 13.8 Å². The molecule has 0 spiro atoms. The smallest absolute Gasteiger partial charge is 0.326 e. The van der Waals surface area contributed by atoms with Crippen LogP contribution in [0.3, 0.4) is 0 Å². The van der Waals surface area contributed by atoms with Crippen molar-refractivity contribution in [3.63, 3.8) is 0 Å². The number of aliphatic carboxylic acids is 3. The van der Waals surface area contributed by atoms with E-state index in [1.54, 1.807) is 0 Å². The summed E-state index contributed by atoms with van der Waals surface area (Å²) in [6.07, 6.45) is -1.96. The number of rotatable bonds is 19. The number of carboxylic acids is 3. The molecule has 0 aromatic carbocycles. The molecule has 19 heteroatoms. The van der Waals surface area contributed by atoms with Crippen molar-refractivity contribution in [2.45, 2.75) is 103 Å². The molecule has 0 heterocycles. The summed E-state index contributed by atoms with van der Waals surface area (Å²) < 4.78 is 0. The number of hydrogen-bond acceptors (Lipinski definition) is 10. The van der Waals surface area contributed by atoms with Crippen LogP contribution >= 0.6 is 0 Å². The normalized spacial score (nSPS) is 15.5. The first-order chi connectivity index (χ1) is 20.7. The minimum Gasteiger partial charge on any atom is -0.481 e. The van der Waals surface area contributed by atoms with Gasteiger partial charge in [0.2, 0.25) is 35.4 Å². The van der Waals surface area contributed by atoms with Crippen LogP contribution in [-0.2, 0) is 43.2 Å². The van der Waals surface area contributed by atoms with Crippen LogP contribution in [0.5, 0.6) is 0 Å². The number of carbonyl (C=O) groups excluding carboxylic acids is 6. The molecule has 0 saturated carbocycles. The molecular weight excluding hydrogens is 602 g/mol. The number of amides is 6. The summed E-state index contributed by atoms with van der Waals surface area (Å²) in [6.45, 7) is 8.33. The van der Waals surface area contributed by atoms with Gasteiger partial charge >= 0.3 is 17.9 Å². The Labute approximate surface area is 258 Å². The van der Waals surface area contributed by atoms with Gasteiger partial charge in [0.25, 0.3) is 0 Å². The van der Waals surface area contributed by atoms with Crippen molar-refractivity contribution >= 4 is 53.4 Å². The molecule has 0 saturated heterocycles. The zero-order valence-electron chi connectivity index (χ0n) is 25.8. The van der Waals surface area contributed by atoms with Gasteiger partial charge in [-0.3, -0.25) is 38.4 Å². The Bertz CT molecular complexity index is 1140. The molecule has 0 rings (SSSR count). The topological polar surface area (TPSA) is 313 Å². The number of carboxylic acid groups (broad SMARTS) is 3. The molecular formula is C26H43N7O12. The second-order valence-electron chi connectivity index (χ2n) is 10.7. The largest absolute Gasteiger partial charge is 0.481 e. The summed E-state index contributed by atoms with van der Waals surface area (Å²) in [5, 5.41) is 40.9. The monoisotopic (exact) mass is 645 g/mol. The zero-order valence-corrected chi connectivity index (χ0v) is 25.8. The highest BCUT2D eigenvalue weighted by molar-refractivity contribution is 5.97. The van der Waals surface area contributed by atoms with Crippen LogP contribution < -0.4 is 37.6 Å². The van der Waals surface area contributed by atoms with Crippen molar-refractivity contribution in [1.29, 1.82) is 0 Å². The lowest BCUT2D eigenvalue weighted by Gasteiger charge is -2.27. The van der Waals surface area contributed by atoms with Gasteiger partial charge in [-0.15, -0.1) is 0 Å². The molecule has 0 unspecified atom stereocenters. The second-order valence-corrected chi connectivity index (χ2v) is 10.7. The second kappa shape index (κ2) is 18.8. The molecule has 45 heavy (non-hydrogen) atoms. The third-order valence-corrected chi connectivity index (χ3v) is 6.19. The summed E-state index contributed by atoms with van der Waals surface area (Å²) in [5.41, 5.74) is 5.44.